The molecule has 6 heteroatoms. The summed E-state index contributed by atoms with van der Waals surface area (Å²) < 4.78 is 16.6. The fourth-order valence-corrected chi connectivity index (χ4v) is 4.53. The van der Waals surface area contributed by atoms with E-state index in [1.807, 2.05) is 60.7 Å². The monoisotopic (exact) mass is 468 g/mol. The number of esters is 1. The lowest BCUT2D eigenvalue weighted by molar-refractivity contribution is -0.142. The highest BCUT2D eigenvalue weighted by Crippen LogP contribution is 2.33. The Morgan fingerprint density at radius 1 is 1.00 bits per heavy atom. The van der Waals surface area contributed by atoms with E-state index in [2.05, 4.69) is 28.3 Å². The number of carbonyl (C=O) groups excluding carboxylic acids is 1. The van der Waals surface area contributed by atoms with E-state index < -0.39 is 0 Å². The van der Waals surface area contributed by atoms with E-state index in [4.69, 9.17) is 14.1 Å². The summed E-state index contributed by atoms with van der Waals surface area (Å²) in [6.45, 7) is 0.470. The molecule has 4 aromatic rings. The first-order chi connectivity index (χ1) is 17.2. The van der Waals surface area contributed by atoms with Gasteiger partial charge in [-0.05, 0) is 36.5 Å². The maximum Gasteiger partial charge on any atom is 0.343 e. The molecular formula is C29H28N2O4. The Labute approximate surface area is 204 Å². The summed E-state index contributed by atoms with van der Waals surface area (Å²) in [5.41, 5.74) is 5.31. The van der Waals surface area contributed by atoms with Gasteiger partial charge in [0.15, 0.2) is 12.4 Å². The number of nitrogens with one attached hydrogen (secondary N) is 1. The largest absolute Gasteiger partial charge is 0.482 e. The summed E-state index contributed by atoms with van der Waals surface area (Å²) >= 11 is 0. The molecular weight excluding hydrogens is 440 g/mol. The van der Waals surface area contributed by atoms with Crippen LogP contribution in [0.4, 0.5) is 0 Å². The summed E-state index contributed by atoms with van der Waals surface area (Å²) in [7, 11) is 1.36. The Morgan fingerprint density at radius 2 is 1.74 bits per heavy atom. The third-order valence-corrected chi connectivity index (χ3v) is 6.31. The molecule has 6 nitrogen and oxygen atoms in total. The number of benzene rings is 3. The highest BCUT2D eigenvalue weighted by Gasteiger charge is 2.23. The van der Waals surface area contributed by atoms with Crippen molar-refractivity contribution in [1.29, 1.82) is 0 Å². The molecule has 0 bridgehead atoms. The van der Waals surface area contributed by atoms with Crippen molar-refractivity contribution >= 4 is 5.97 Å². The van der Waals surface area contributed by atoms with Gasteiger partial charge in [0.05, 0.1) is 13.7 Å². The molecule has 178 valence electrons. The number of hydrogen-bond acceptors (Lipinski definition) is 6. The molecule has 3 aromatic carbocycles. The number of ether oxygens (including phenoxy) is 2. The predicted octanol–water partition coefficient (Wildman–Crippen LogP) is 5.21. The van der Waals surface area contributed by atoms with Gasteiger partial charge in [-0.1, -0.05) is 72.8 Å². The third kappa shape index (κ3) is 5.28. The van der Waals surface area contributed by atoms with Crippen LogP contribution in [0.2, 0.25) is 0 Å². The van der Waals surface area contributed by atoms with Crippen LogP contribution in [0, 0.1) is 0 Å². The number of methoxy groups -OCH3 is 1. The minimum atomic E-state index is -0.381. The van der Waals surface area contributed by atoms with Gasteiger partial charge in [-0.15, -0.1) is 0 Å². The second-order valence-electron chi connectivity index (χ2n) is 8.60. The molecule has 1 unspecified atom stereocenters. The number of hydrogen-bond donors (Lipinski definition) is 1. The van der Waals surface area contributed by atoms with Crippen LogP contribution < -0.4 is 10.1 Å². The third-order valence-electron chi connectivity index (χ3n) is 6.31. The Morgan fingerprint density at radius 3 is 2.49 bits per heavy atom. The van der Waals surface area contributed by atoms with Gasteiger partial charge in [0.1, 0.15) is 11.4 Å². The van der Waals surface area contributed by atoms with Crippen LogP contribution in [-0.2, 0) is 28.9 Å². The first kappa shape index (κ1) is 22.9. The molecule has 5 rings (SSSR count). The van der Waals surface area contributed by atoms with Crippen molar-refractivity contribution in [2.24, 2.45) is 0 Å². The second kappa shape index (κ2) is 10.6. The average Bonchev–Trinajstić information content (AvgIpc) is 3.35. The maximum atomic E-state index is 11.5. The molecule has 1 atom stereocenters. The Balaban J connectivity index is 1.30. The average molecular weight is 469 g/mol. The van der Waals surface area contributed by atoms with E-state index >= 15 is 0 Å². The highest BCUT2D eigenvalue weighted by molar-refractivity contribution is 5.76. The van der Waals surface area contributed by atoms with Crippen molar-refractivity contribution in [3.63, 3.8) is 0 Å². The predicted molar refractivity (Wildman–Crippen MR) is 134 cm³/mol. The Kier molecular flexibility index (Phi) is 6.91. The topological polar surface area (TPSA) is 73.6 Å². The van der Waals surface area contributed by atoms with Gasteiger partial charge in [0, 0.05) is 17.2 Å². The van der Waals surface area contributed by atoms with Crippen molar-refractivity contribution in [1.82, 2.24) is 10.3 Å². The molecule has 0 aliphatic heterocycles. The van der Waals surface area contributed by atoms with Crippen LogP contribution in [0.25, 0.3) is 22.6 Å². The molecule has 0 saturated carbocycles. The fraction of sp³-hybridized carbons (Fsp3) is 0.241. The maximum absolute atomic E-state index is 11.5. The molecule has 1 aliphatic rings. The molecule has 1 N–H and O–H groups in total. The normalized spacial score (nSPS) is 14.8. The Hall–Kier alpha value is -3.90. The number of carbonyl (C=O) groups is 1. The molecule has 1 aliphatic carbocycles. The molecule has 1 heterocycles. The molecule has 0 saturated heterocycles. The number of rotatable bonds is 8. The summed E-state index contributed by atoms with van der Waals surface area (Å²) in [5.74, 6) is 1.84. The van der Waals surface area contributed by atoms with Gasteiger partial charge in [-0.2, -0.15) is 0 Å². The second-order valence-corrected chi connectivity index (χ2v) is 8.60. The van der Waals surface area contributed by atoms with Crippen molar-refractivity contribution < 1.29 is 18.7 Å². The fourth-order valence-electron chi connectivity index (χ4n) is 4.53. The van der Waals surface area contributed by atoms with Gasteiger partial charge >= 0.3 is 5.97 Å². The molecule has 0 spiro atoms. The van der Waals surface area contributed by atoms with E-state index in [9.17, 15) is 4.79 Å². The zero-order chi connectivity index (χ0) is 24.0. The summed E-state index contributed by atoms with van der Waals surface area (Å²) in [6, 6.07) is 26.5. The quantitative estimate of drug-likeness (QED) is 0.358. The zero-order valence-corrected chi connectivity index (χ0v) is 19.7. The van der Waals surface area contributed by atoms with Crippen LogP contribution in [0.3, 0.4) is 0 Å². The van der Waals surface area contributed by atoms with Gasteiger partial charge in [-0.3, -0.25) is 0 Å². The minimum absolute atomic E-state index is 0.0771. The standard InChI is InChI=1S/C29H28N2O4/c1-33-27(32)19-34-25-14-8-13-22-17-23(15-16-24(22)25)30-18-26-31-28(20-9-4-2-5-10-20)29(35-26)21-11-6-3-7-12-21/h2-14,23,30H,15-19H2,1H3. The van der Waals surface area contributed by atoms with Crippen LogP contribution >= 0.6 is 0 Å². The lowest BCUT2D eigenvalue weighted by Gasteiger charge is -2.26. The van der Waals surface area contributed by atoms with E-state index in [0.717, 1.165) is 47.6 Å². The van der Waals surface area contributed by atoms with E-state index in [-0.39, 0.29) is 12.6 Å². The van der Waals surface area contributed by atoms with E-state index in [1.165, 1.54) is 18.2 Å². The first-order valence-electron chi connectivity index (χ1n) is 11.9. The van der Waals surface area contributed by atoms with Crippen LogP contribution in [-0.4, -0.2) is 30.7 Å². The van der Waals surface area contributed by atoms with Gasteiger partial charge in [-0.25, -0.2) is 9.78 Å². The van der Waals surface area contributed by atoms with Crippen LogP contribution in [0.15, 0.2) is 83.3 Å². The lowest BCUT2D eigenvalue weighted by Crippen LogP contribution is -2.34. The molecule has 0 amide bonds. The van der Waals surface area contributed by atoms with Crippen LogP contribution in [0.1, 0.15) is 23.4 Å². The minimum Gasteiger partial charge on any atom is -0.482 e. The number of nitrogens with zero attached hydrogens (tertiary/aromatic N) is 1. The van der Waals surface area contributed by atoms with Crippen LogP contribution in [0.5, 0.6) is 5.75 Å². The smallest absolute Gasteiger partial charge is 0.343 e. The summed E-state index contributed by atoms with van der Waals surface area (Å²) in [5, 5.41) is 3.63. The van der Waals surface area contributed by atoms with Crippen molar-refractivity contribution in [2.75, 3.05) is 13.7 Å². The molecule has 0 radical (unpaired) electrons. The number of oxazole rings is 1. The summed E-state index contributed by atoms with van der Waals surface area (Å²) in [4.78, 5) is 16.3. The van der Waals surface area contributed by atoms with E-state index in [0.29, 0.717) is 18.5 Å². The zero-order valence-electron chi connectivity index (χ0n) is 19.7. The van der Waals surface area contributed by atoms with Gasteiger partial charge in [0.25, 0.3) is 0 Å². The van der Waals surface area contributed by atoms with E-state index in [1.54, 1.807) is 0 Å². The van der Waals surface area contributed by atoms with Crippen molar-refractivity contribution in [3.8, 4) is 28.3 Å². The number of fused-ring (bicyclic) bond motifs is 1. The molecule has 0 fully saturated rings. The van der Waals surface area contributed by atoms with Crippen molar-refractivity contribution in [3.05, 3.63) is 95.9 Å². The molecule has 35 heavy (non-hydrogen) atoms. The van der Waals surface area contributed by atoms with Crippen molar-refractivity contribution in [2.45, 2.75) is 31.8 Å². The number of aromatic nitrogens is 1. The SMILES string of the molecule is COC(=O)COc1cccc2c1CCC(NCc1nc(-c3ccccc3)c(-c3ccccc3)o1)C2. The first-order valence-corrected chi connectivity index (χ1v) is 11.9. The highest BCUT2D eigenvalue weighted by atomic mass is 16.6. The Bertz CT molecular complexity index is 1230. The van der Waals surface area contributed by atoms with Gasteiger partial charge in [0.2, 0.25) is 5.89 Å². The molecule has 1 aromatic heterocycles. The summed E-state index contributed by atoms with van der Waals surface area (Å²) in [6.07, 6.45) is 2.71. The van der Waals surface area contributed by atoms with Gasteiger partial charge < -0.3 is 19.2 Å². The lowest BCUT2D eigenvalue weighted by atomic mass is 9.87.